The quantitative estimate of drug-likeness (QED) is 0.558. The van der Waals surface area contributed by atoms with Crippen molar-refractivity contribution in [3.05, 3.63) is 23.3 Å². The first-order valence-corrected chi connectivity index (χ1v) is 6.55. The zero-order chi connectivity index (χ0) is 14.0. The van der Waals surface area contributed by atoms with Gasteiger partial charge >= 0.3 is 11.9 Å². The Kier molecular flexibility index (Phi) is 3.75. The van der Waals surface area contributed by atoms with Crippen molar-refractivity contribution in [2.45, 2.75) is 38.9 Å². The Morgan fingerprint density at radius 2 is 1.84 bits per heavy atom. The minimum atomic E-state index is -0.834. The monoisotopic (exact) mass is 266 g/mol. The number of fused-ring (bicyclic) bond motifs is 2. The van der Waals surface area contributed by atoms with Crippen molar-refractivity contribution in [1.29, 1.82) is 0 Å². The van der Waals surface area contributed by atoms with E-state index in [9.17, 15) is 9.59 Å². The van der Waals surface area contributed by atoms with Gasteiger partial charge in [-0.1, -0.05) is 13.0 Å². The molecule has 2 unspecified atom stereocenters. The molecule has 0 aliphatic carbocycles. The summed E-state index contributed by atoms with van der Waals surface area (Å²) in [6, 6.07) is 0. The highest BCUT2D eigenvalue weighted by Crippen LogP contribution is 2.45. The van der Waals surface area contributed by atoms with Crippen LogP contribution in [0, 0.1) is 0 Å². The fraction of sp³-hybridized carbons (Fsp3) is 0.571. The summed E-state index contributed by atoms with van der Waals surface area (Å²) in [6.07, 6.45) is 3.68. The minimum Gasteiger partial charge on any atom is -0.463 e. The van der Waals surface area contributed by atoms with Crippen molar-refractivity contribution in [2.24, 2.45) is 0 Å². The van der Waals surface area contributed by atoms with E-state index in [4.69, 9.17) is 14.2 Å². The molecule has 0 aromatic heterocycles. The van der Waals surface area contributed by atoms with Crippen LogP contribution in [0.5, 0.6) is 0 Å². The fourth-order valence-electron chi connectivity index (χ4n) is 2.51. The van der Waals surface area contributed by atoms with Crippen LogP contribution in [-0.2, 0) is 23.8 Å². The van der Waals surface area contributed by atoms with Crippen LogP contribution < -0.4 is 0 Å². The number of hydrogen-bond donors (Lipinski definition) is 0. The first-order valence-electron chi connectivity index (χ1n) is 6.55. The molecular weight excluding hydrogens is 248 g/mol. The van der Waals surface area contributed by atoms with Crippen LogP contribution in [0.25, 0.3) is 0 Å². The molecule has 2 bridgehead atoms. The van der Waals surface area contributed by atoms with Gasteiger partial charge in [0.05, 0.1) is 24.4 Å². The van der Waals surface area contributed by atoms with Gasteiger partial charge in [-0.15, -0.1) is 0 Å². The second-order valence-corrected chi connectivity index (χ2v) is 4.37. The van der Waals surface area contributed by atoms with Crippen molar-refractivity contribution in [3.8, 4) is 0 Å². The van der Waals surface area contributed by atoms with Gasteiger partial charge < -0.3 is 14.2 Å². The molecule has 0 spiro atoms. The van der Waals surface area contributed by atoms with Gasteiger partial charge in [-0.2, -0.15) is 0 Å². The Balaban J connectivity index is 2.43. The summed E-state index contributed by atoms with van der Waals surface area (Å²) in [5.41, 5.74) is -0.258. The minimum absolute atomic E-state index is 0.257. The first kappa shape index (κ1) is 13.8. The molecule has 2 aliphatic rings. The van der Waals surface area contributed by atoms with E-state index in [2.05, 4.69) is 0 Å². The van der Waals surface area contributed by atoms with Crippen LogP contribution in [0.1, 0.15) is 27.2 Å². The Bertz CT molecular complexity index is 462. The largest absolute Gasteiger partial charge is 0.463 e. The molecule has 5 nitrogen and oxygen atoms in total. The highest BCUT2D eigenvalue weighted by Gasteiger charge is 2.53. The lowest BCUT2D eigenvalue weighted by atomic mass is 9.85. The summed E-state index contributed by atoms with van der Waals surface area (Å²) in [6.45, 7) is 5.87. The molecule has 2 aliphatic heterocycles. The van der Waals surface area contributed by atoms with Crippen LogP contribution in [0.4, 0.5) is 0 Å². The topological polar surface area (TPSA) is 61.8 Å². The van der Waals surface area contributed by atoms with Crippen LogP contribution in [-0.4, -0.2) is 36.9 Å². The molecule has 0 aromatic carbocycles. The molecule has 19 heavy (non-hydrogen) atoms. The second kappa shape index (κ2) is 5.17. The van der Waals surface area contributed by atoms with Crippen LogP contribution in [0.15, 0.2) is 23.3 Å². The zero-order valence-electron chi connectivity index (χ0n) is 11.4. The average Bonchev–Trinajstić information content (AvgIpc) is 2.95. The number of esters is 2. The fourth-order valence-corrected chi connectivity index (χ4v) is 2.51. The predicted molar refractivity (Wildman–Crippen MR) is 67.3 cm³/mol. The summed E-state index contributed by atoms with van der Waals surface area (Å²) in [5, 5.41) is 0. The van der Waals surface area contributed by atoms with Gasteiger partial charge in [-0.05, 0) is 26.3 Å². The summed E-state index contributed by atoms with van der Waals surface area (Å²) in [5.74, 6) is -1.01. The molecule has 2 rings (SSSR count). The third kappa shape index (κ3) is 2.08. The summed E-state index contributed by atoms with van der Waals surface area (Å²) in [7, 11) is 0. The smallest absolute Gasteiger partial charge is 0.337 e. The van der Waals surface area contributed by atoms with Crippen molar-refractivity contribution >= 4 is 11.9 Å². The molecule has 5 heteroatoms. The van der Waals surface area contributed by atoms with Crippen LogP contribution in [0.3, 0.4) is 0 Å². The molecule has 0 fully saturated rings. The maximum atomic E-state index is 12.1. The number of rotatable bonds is 5. The van der Waals surface area contributed by atoms with Gasteiger partial charge in [-0.3, -0.25) is 0 Å². The predicted octanol–water partition coefficient (Wildman–Crippen LogP) is 1.53. The van der Waals surface area contributed by atoms with Crippen molar-refractivity contribution in [3.63, 3.8) is 0 Å². The van der Waals surface area contributed by atoms with E-state index >= 15 is 0 Å². The normalized spacial score (nSPS) is 27.8. The Morgan fingerprint density at radius 1 is 1.21 bits per heavy atom. The van der Waals surface area contributed by atoms with Crippen molar-refractivity contribution < 1.29 is 23.8 Å². The molecule has 2 heterocycles. The van der Waals surface area contributed by atoms with E-state index in [0.29, 0.717) is 12.0 Å². The second-order valence-electron chi connectivity index (χ2n) is 4.37. The van der Waals surface area contributed by atoms with Gasteiger partial charge in [0.15, 0.2) is 0 Å². The molecule has 2 atom stereocenters. The lowest BCUT2D eigenvalue weighted by molar-refractivity contribution is -0.142. The number of ether oxygens (including phenoxy) is 3. The molecular formula is C14H18O5. The van der Waals surface area contributed by atoms with E-state index in [1.807, 2.05) is 13.0 Å². The summed E-state index contributed by atoms with van der Waals surface area (Å²) < 4.78 is 15.8. The number of hydrogen-bond acceptors (Lipinski definition) is 5. The Morgan fingerprint density at radius 3 is 2.42 bits per heavy atom. The molecule has 0 radical (unpaired) electrons. The van der Waals surface area contributed by atoms with Crippen LogP contribution in [0.2, 0.25) is 0 Å². The number of carbonyl (C=O) groups is 2. The molecule has 0 N–H and O–H groups in total. The summed E-state index contributed by atoms with van der Waals surface area (Å²) >= 11 is 0. The van der Waals surface area contributed by atoms with Gasteiger partial charge in [-0.25, -0.2) is 9.59 Å². The van der Waals surface area contributed by atoms with Gasteiger partial charge in [0, 0.05) is 0 Å². The third-order valence-corrected chi connectivity index (χ3v) is 3.35. The maximum absolute atomic E-state index is 12.1. The standard InChI is InChI=1S/C14H18O5/c1-4-14-8-7-9(19-14)10(12(15)17-5-2)11(14)13(16)18-6-3/h7-9H,4-6H2,1-3H3. The number of carbonyl (C=O) groups excluding carboxylic acids is 2. The van der Waals surface area contributed by atoms with Gasteiger partial charge in [0.1, 0.15) is 11.7 Å². The van der Waals surface area contributed by atoms with Gasteiger partial charge in [0.2, 0.25) is 0 Å². The molecule has 104 valence electrons. The lowest BCUT2D eigenvalue weighted by Crippen LogP contribution is -2.32. The molecule has 0 amide bonds. The summed E-state index contributed by atoms with van der Waals surface area (Å²) in [4.78, 5) is 24.1. The van der Waals surface area contributed by atoms with Crippen molar-refractivity contribution in [1.82, 2.24) is 0 Å². The van der Waals surface area contributed by atoms with E-state index in [0.717, 1.165) is 0 Å². The molecule has 0 saturated heterocycles. The highest BCUT2D eigenvalue weighted by atomic mass is 16.6. The lowest BCUT2D eigenvalue weighted by Gasteiger charge is -2.23. The van der Waals surface area contributed by atoms with Crippen molar-refractivity contribution in [2.75, 3.05) is 13.2 Å². The molecule has 0 saturated carbocycles. The maximum Gasteiger partial charge on any atom is 0.337 e. The Labute approximate surface area is 112 Å². The van der Waals surface area contributed by atoms with E-state index in [-0.39, 0.29) is 18.8 Å². The van der Waals surface area contributed by atoms with E-state index in [1.54, 1.807) is 19.9 Å². The average molecular weight is 266 g/mol. The van der Waals surface area contributed by atoms with E-state index < -0.39 is 23.6 Å². The SMILES string of the molecule is CCOC(=O)C1=C(C(=O)OCC)C2(CC)C=CC1O2. The van der Waals surface area contributed by atoms with Gasteiger partial charge in [0.25, 0.3) is 0 Å². The Hall–Kier alpha value is -1.62. The van der Waals surface area contributed by atoms with Crippen LogP contribution >= 0.6 is 0 Å². The first-order chi connectivity index (χ1) is 9.09. The zero-order valence-corrected chi connectivity index (χ0v) is 11.4. The molecule has 0 aromatic rings. The third-order valence-electron chi connectivity index (χ3n) is 3.35. The highest BCUT2D eigenvalue weighted by molar-refractivity contribution is 6.05. The van der Waals surface area contributed by atoms with E-state index in [1.165, 1.54) is 0 Å².